The van der Waals surface area contributed by atoms with Crippen molar-refractivity contribution in [2.24, 2.45) is 0 Å². The summed E-state index contributed by atoms with van der Waals surface area (Å²) in [5, 5.41) is 0. The topological polar surface area (TPSA) is 55.0 Å². The second-order valence-corrected chi connectivity index (χ2v) is 5.26. The highest BCUT2D eigenvalue weighted by Crippen LogP contribution is 2.28. The molecule has 0 amide bonds. The van der Waals surface area contributed by atoms with Gasteiger partial charge in [0.05, 0.1) is 18.4 Å². The highest BCUT2D eigenvalue weighted by Gasteiger charge is 2.15. The molecule has 0 aliphatic rings. The number of nitrogens with zero attached hydrogens (tertiary/aromatic N) is 1. The van der Waals surface area contributed by atoms with E-state index in [4.69, 9.17) is 4.74 Å². The van der Waals surface area contributed by atoms with Crippen molar-refractivity contribution in [2.45, 2.75) is 19.8 Å². The van der Waals surface area contributed by atoms with E-state index in [1.54, 1.807) is 7.11 Å². The Labute approximate surface area is 120 Å². The predicted octanol–water partition coefficient (Wildman–Crippen LogP) is 3.33. The quantitative estimate of drug-likeness (QED) is 0.943. The molecule has 19 heavy (non-hydrogen) atoms. The van der Waals surface area contributed by atoms with Gasteiger partial charge in [0.15, 0.2) is 0 Å². The van der Waals surface area contributed by atoms with Crippen LogP contribution in [0.3, 0.4) is 0 Å². The van der Waals surface area contributed by atoms with E-state index in [9.17, 15) is 4.79 Å². The summed E-state index contributed by atoms with van der Waals surface area (Å²) in [6.07, 6.45) is 0. The number of ether oxygens (including phenoxy) is 1. The van der Waals surface area contributed by atoms with Crippen molar-refractivity contribution in [1.29, 1.82) is 0 Å². The third-order valence-corrected chi connectivity index (χ3v) is 3.56. The number of H-pyrrole nitrogens is 1. The van der Waals surface area contributed by atoms with Gasteiger partial charge in [-0.1, -0.05) is 26.0 Å². The van der Waals surface area contributed by atoms with Crippen molar-refractivity contribution in [2.75, 3.05) is 7.11 Å². The summed E-state index contributed by atoms with van der Waals surface area (Å²) in [5.41, 5.74) is 1.33. The highest BCUT2D eigenvalue weighted by atomic mass is 79.9. The van der Waals surface area contributed by atoms with E-state index in [-0.39, 0.29) is 11.5 Å². The van der Waals surface area contributed by atoms with Crippen LogP contribution in [0.5, 0.6) is 5.75 Å². The van der Waals surface area contributed by atoms with Crippen LogP contribution >= 0.6 is 15.9 Å². The maximum absolute atomic E-state index is 12.0. The minimum Gasteiger partial charge on any atom is -0.496 e. The Balaban J connectivity index is 2.67. The van der Waals surface area contributed by atoms with Crippen LogP contribution in [0, 0.1) is 0 Å². The minimum absolute atomic E-state index is 0.158. The Kier molecular flexibility index (Phi) is 4.04. The van der Waals surface area contributed by atoms with Crippen LogP contribution < -0.4 is 10.3 Å². The largest absolute Gasteiger partial charge is 0.496 e. The summed E-state index contributed by atoms with van der Waals surface area (Å²) < 4.78 is 5.78. The standard InChI is InChI=1S/C14H15BrN2O2/c1-8(2)12-11(15)14(18)17-13(16-12)9-6-4-5-7-10(9)19-3/h4-8H,1-3H3,(H,16,17,18). The zero-order valence-corrected chi connectivity index (χ0v) is 12.6. The first kappa shape index (κ1) is 13.8. The summed E-state index contributed by atoms with van der Waals surface area (Å²) >= 11 is 3.29. The molecule has 0 saturated carbocycles. The normalized spacial score (nSPS) is 10.8. The molecule has 1 aromatic heterocycles. The van der Waals surface area contributed by atoms with Crippen LogP contribution in [-0.4, -0.2) is 17.1 Å². The number of nitrogens with one attached hydrogen (secondary N) is 1. The number of hydrogen-bond acceptors (Lipinski definition) is 3. The lowest BCUT2D eigenvalue weighted by Gasteiger charge is -2.11. The number of halogens is 1. The molecule has 0 spiro atoms. The first-order chi connectivity index (χ1) is 9.04. The van der Waals surface area contributed by atoms with Gasteiger partial charge >= 0.3 is 0 Å². The van der Waals surface area contributed by atoms with Crippen molar-refractivity contribution in [1.82, 2.24) is 9.97 Å². The third kappa shape index (κ3) is 2.71. The molecule has 1 heterocycles. The Morgan fingerprint density at radius 2 is 2.00 bits per heavy atom. The van der Waals surface area contributed by atoms with Gasteiger partial charge in [0.1, 0.15) is 16.0 Å². The molecule has 100 valence electrons. The van der Waals surface area contributed by atoms with E-state index in [2.05, 4.69) is 25.9 Å². The Morgan fingerprint density at radius 1 is 1.32 bits per heavy atom. The van der Waals surface area contributed by atoms with Crippen molar-refractivity contribution in [3.05, 3.63) is 44.8 Å². The molecule has 2 aromatic rings. The fourth-order valence-corrected chi connectivity index (χ4v) is 2.47. The Morgan fingerprint density at radius 3 is 2.63 bits per heavy atom. The van der Waals surface area contributed by atoms with Crippen LogP contribution in [0.4, 0.5) is 0 Å². The summed E-state index contributed by atoms with van der Waals surface area (Å²) in [5.74, 6) is 1.36. The van der Waals surface area contributed by atoms with Gasteiger partial charge in [-0.25, -0.2) is 4.98 Å². The lowest BCUT2D eigenvalue weighted by Crippen LogP contribution is -2.14. The molecule has 0 aliphatic heterocycles. The summed E-state index contributed by atoms with van der Waals surface area (Å²) in [6, 6.07) is 7.47. The molecule has 0 atom stereocenters. The van der Waals surface area contributed by atoms with E-state index >= 15 is 0 Å². The Hall–Kier alpha value is -1.62. The fourth-order valence-electron chi connectivity index (χ4n) is 1.83. The van der Waals surface area contributed by atoms with E-state index < -0.39 is 0 Å². The molecule has 0 aliphatic carbocycles. The van der Waals surface area contributed by atoms with E-state index in [0.717, 1.165) is 11.3 Å². The van der Waals surface area contributed by atoms with Crippen molar-refractivity contribution >= 4 is 15.9 Å². The van der Waals surface area contributed by atoms with Gasteiger partial charge in [-0.2, -0.15) is 0 Å². The molecule has 0 fully saturated rings. The van der Waals surface area contributed by atoms with Crippen LogP contribution in [-0.2, 0) is 0 Å². The maximum atomic E-state index is 12.0. The van der Waals surface area contributed by atoms with Crippen molar-refractivity contribution < 1.29 is 4.74 Å². The minimum atomic E-state index is -0.181. The zero-order valence-electron chi connectivity index (χ0n) is 11.0. The SMILES string of the molecule is COc1ccccc1-c1nc(C(C)C)c(Br)c(=O)[nH]1. The number of para-hydroxylation sites is 1. The fraction of sp³-hybridized carbons (Fsp3) is 0.286. The van der Waals surface area contributed by atoms with E-state index in [0.29, 0.717) is 16.0 Å². The second-order valence-electron chi connectivity index (χ2n) is 4.47. The molecule has 2 rings (SSSR count). The van der Waals surface area contributed by atoms with E-state index in [1.165, 1.54) is 0 Å². The lowest BCUT2D eigenvalue weighted by atomic mass is 10.1. The molecule has 5 heteroatoms. The molecule has 0 unspecified atom stereocenters. The van der Waals surface area contributed by atoms with Gasteiger partial charge in [-0.3, -0.25) is 4.79 Å². The summed E-state index contributed by atoms with van der Waals surface area (Å²) in [7, 11) is 1.60. The molecular weight excluding hydrogens is 308 g/mol. The first-order valence-corrected chi connectivity index (χ1v) is 6.77. The molecular formula is C14H15BrN2O2. The van der Waals surface area contributed by atoms with Gasteiger partial charge in [-0.05, 0) is 34.0 Å². The van der Waals surface area contributed by atoms with Crippen molar-refractivity contribution in [3.63, 3.8) is 0 Å². The second kappa shape index (κ2) is 5.57. The zero-order chi connectivity index (χ0) is 14.0. The molecule has 1 N–H and O–H groups in total. The smallest absolute Gasteiger partial charge is 0.265 e. The van der Waals surface area contributed by atoms with Gasteiger partial charge in [0, 0.05) is 0 Å². The maximum Gasteiger partial charge on any atom is 0.265 e. The molecule has 1 aromatic carbocycles. The monoisotopic (exact) mass is 322 g/mol. The average Bonchev–Trinajstić information content (AvgIpc) is 2.41. The van der Waals surface area contributed by atoms with Crippen LogP contribution in [0.15, 0.2) is 33.5 Å². The van der Waals surface area contributed by atoms with Gasteiger partial charge < -0.3 is 9.72 Å². The van der Waals surface area contributed by atoms with Gasteiger partial charge in [0.2, 0.25) is 0 Å². The number of rotatable bonds is 3. The number of methoxy groups -OCH3 is 1. The highest BCUT2D eigenvalue weighted by molar-refractivity contribution is 9.10. The predicted molar refractivity (Wildman–Crippen MR) is 78.6 cm³/mol. The lowest BCUT2D eigenvalue weighted by molar-refractivity contribution is 0.416. The third-order valence-electron chi connectivity index (χ3n) is 2.80. The van der Waals surface area contributed by atoms with Crippen LogP contribution in [0.25, 0.3) is 11.4 Å². The number of hydrogen-bond donors (Lipinski definition) is 1. The van der Waals surface area contributed by atoms with Crippen LogP contribution in [0.1, 0.15) is 25.5 Å². The van der Waals surface area contributed by atoms with Gasteiger partial charge in [0.25, 0.3) is 5.56 Å². The number of benzene rings is 1. The first-order valence-electron chi connectivity index (χ1n) is 5.97. The molecule has 4 nitrogen and oxygen atoms in total. The molecule has 0 radical (unpaired) electrons. The van der Waals surface area contributed by atoms with Crippen LogP contribution in [0.2, 0.25) is 0 Å². The number of aromatic amines is 1. The van der Waals surface area contributed by atoms with E-state index in [1.807, 2.05) is 38.1 Å². The average molecular weight is 323 g/mol. The number of aromatic nitrogens is 2. The Bertz CT molecular complexity index is 650. The molecule has 0 bridgehead atoms. The van der Waals surface area contributed by atoms with Crippen molar-refractivity contribution in [3.8, 4) is 17.1 Å². The molecule has 0 saturated heterocycles. The van der Waals surface area contributed by atoms with Gasteiger partial charge in [-0.15, -0.1) is 0 Å². The summed E-state index contributed by atoms with van der Waals surface area (Å²) in [4.78, 5) is 19.3. The summed E-state index contributed by atoms with van der Waals surface area (Å²) in [6.45, 7) is 4.00.